The largest absolute Gasteiger partial charge is 0.494 e. The maximum absolute atomic E-state index is 13.5. The fraction of sp³-hybridized carbons (Fsp3) is 0.267. The summed E-state index contributed by atoms with van der Waals surface area (Å²) < 4.78 is 23.8. The number of hydrogen-bond donors (Lipinski definition) is 2. The molecule has 21 heavy (non-hydrogen) atoms. The first-order valence-electron chi connectivity index (χ1n) is 6.47. The number of anilines is 1. The van der Waals surface area contributed by atoms with Gasteiger partial charge in [0.2, 0.25) is 0 Å². The highest BCUT2D eigenvalue weighted by Crippen LogP contribution is 2.21. The molecule has 0 aliphatic carbocycles. The second kappa shape index (κ2) is 6.30. The maximum Gasteiger partial charge on any atom is 0.319 e. The third-order valence-corrected chi connectivity index (χ3v) is 2.95. The van der Waals surface area contributed by atoms with Gasteiger partial charge in [-0.1, -0.05) is 0 Å². The zero-order valence-corrected chi connectivity index (χ0v) is 12.1. The monoisotopic (exact) mass is 292 g/mol. The Hall–Kier alpha value is -2.50. The fourth-order valence-corrected chi connectivity index (χ4v) is 1.87. The number of halogens is 1. The van der Waals surface area contributed by atoms with Crippen LogP contribution in [0.25, 0.3) is 0 Å². The molecule has 0 radical (unpaired) electrons. The van der Waals surface area contributed by atoms with Crippen LogP contribution in [0.15, 0.2) is 34.7 Å². The van der Waals surface area contributed by atoms with Crippen molar-refractivity contribution in [2.75, 3.05) is 12.4 Å². The number of methoxy groups -OCH3 is 1. The van der Waals surface area contributed by atoms with Gasteiger partial charge in [-0.15, -0.1) is 0 Å². The van der Waals surface area contributed by atoms with E-state index in [1.54, 1.807) is 19.1 Å². The van der Waals surface area contributed by atoms with Gasteiger partial charge < -0.3 is 19.8 Å². The van der Waals surface area contributed by atoms with E-state index in [9.17, 15) is 9.18 Å². The standard InChI is InChI=1S/C15H17FN2O3/c1-9-4-6-13(21-9)10(2)17-15(19)18-11-5-7-14(20-3)12(16)8-11/h4-8,10H,1-3H3,(H2,17,18,19). The van der Waals surface area contributed by atoms with Crippen molar-refractivity contribution in [1.29, 1.82) is 0 Å². The molecule has 2 amide bonds. The van der Waals surface area contributed by atoms with Crippen molar-refractivity contribution in [1.82, 2.24) is 5.32 Å². The summed E-state index contributed by atoms with van der Waals surface area (Å²) in [5, 5.41) is 5.26. The fourth-order valence-electron chi connectivity index (χ4n) is 1.87. The normalized spacial score (nSPS) is 11.8. The Kier molecular flexibility index (Phi) is 4.47. The van der Waals surface area contributed by atoms with Crippen LogP contribution >= 0.6 is 0 Å². The van der Waals surface area contributed by atoms with Gasteiger partial charge in [0.1, 0.15) is 11.5 Å². The van der Waals surface area contributed by atoms with Gasteiger partial charge in [0, 0.05) is 11.8 Å². The summed E-state index contributed by atoms with van der Waals surface area (Å²) in [6.45, 7) is 3.63. The molecular weight excluding hydrogens is 275 g/mol. The first-order valence-corrected chi connectivity index (χ1v) is 6.47. The summed E-state index contributed by atoms with van der Waals surface area (Å²) in [4.78, 5) is 11.9. The van der Waals surface area contributed by atoms with Crippen molar-refractivity contribution in [3.63, 3.8) is 0 Å². The van der Waals surface area contributed by atoms with Crippen LogP contribution in [-0.2, 0) is 0 Å². The van der Waals surface area contributed by atoms with E-state index >= 15 is 0 Å². The van der Waals surface area contributed by atoms with E-state index < -0.39 is 11.8 Å². The second-order valence-electron chi connectivity index (χ2n) is 4.62. The van der Waals surface area contributed by atoms with Crippen LogP contribution in [0.3, 0.4) is 0 Å². The molecule has 0 spiro atoms. The number of nitrogens with one attached hydrogen (secondary N) is 2. The average Bonchev–Trinajstić information content (AvgIpc) is 2.85. The number of ether oxygens (including phenoxy) is 1. The van der Waals surface area contributed by atoms with Gasteiger partial charge >= 0.3 is 6.03 Å². The number of benzene rings is 1. The average molecular weight is 292 g/mol. The third-order valence-electron chi connectivity index (χ3n) is 2.95. The summed E-state index contributed by atoms with van der Waals surface area (Å²) in [7, 11) is 1.38. The van der Waals surface area contributed by atoms with Gasteiger partial charge in [-0.2, -0.15) is 0 Å². The lowest BCUT2D eigenvalue weighted by Crippen LogP contribution is -2.31. The number of carbonyl (C=O) groups is 1. The molecule has 0 bridgehead atoms. The molecule has 2 rings (SSSR count). The number of hydrogen-bond acceptors (Lipinski definition) is 3. The third kappa shape index (κ3) is 3.75. The van der Waals surface area contributed by atoms with E-state index in [-0.39, 0.29) is 11.8 Å². The molecule has 1 unspecified atom stereocenters. The Bertz CT molecular complexity index is 640. The minimum Gasteiger partial charge on any atom is -0.494 e. The second-order valence-corrected chi connectivity index (χ2v) is 4.62. The molecule has 2 aromatic rings. The van der Waals surface area contributed by atoms with Gasteiger partial charge in [0.05, 0.1) is 13.2 Å². The van der Waals surface area contributed by atoms with E-state index in [4.69, 9.17) is 9.15 Å². The molecule has 0 aliphatic heterocycles. The van der Waals surface area contributed by atoms with Crippen LogP contribution < -0.4 is 15.4 Å². The molecule has 5 nitrogen and oxygen atoms in total. The lowest BCUT2D eigenvalue weighted by molar-refractivity contribution is 0.247. The van der Waals surface area contributed by atoms with Crippen LogP contribution in [0.1, 0.15) is 24.5 Å². The van der Waals surface area contributed by atoms with E-state index in [0.29, 0.717) is 11.4 Å². The first kappa shape index (κ1) is 14.9. The Morgan fingerprint density at radius 2 is 2.10 bits per heavy atom. The minimum atomic E-state index is -0.537. The molecule has 2 N–H and O–H groups in total. The maximum atomic E-state index is 13.5. The Labute approximate surface area is 122 Å². The molecule has 1 aromatic heterocycles. The summed E-state index contributed by atoms with van der Waals surface area (Å²) in [6.07, 6.45) is 0. The Morgan fingerprint density at radius 1 is 1.33 bits per heavy atom. The SMILES string of the molecule is COc1ccc(NC(=O)NC(C)c2ccc(C)o2)cc1F. The molecule has 0 fully saturated rings. The molecule has 1 aromatic carbocycles. The molecule has 6 heteroatoms. The molecule has 1 atom stereocenters. The predicted molar refractivity (Wildman–Crippen MR) is 77.0 cm³/mol. The van der Waals surface area contributed by atoms with Crippen molar-refractivity contribution >= 4 is 11.7 Å². The zero-order chi connectivity index (χ0) is 15.4. The van der Waals surface area contributed by atoms with Crippen molar-refractivity contribution in [2.45, 2.75) is 19.9 Å². The van der Waals surface area contributed by atoms with Crippen molar-refractivity contribution in [3.8, 4) is 5.75 Å². The Morgan fingerprint density at radius 3 is 2.67 bits per heavy atom. The summed E-state index contributed by atoms with van der Waals surface area (Å²) in [6, 6.07) is 7.09. The molecular formula is C15H17FN2O3. The van der Waals surface area contributed by atoms with Crippen LogP contribution in [-0.4, -0.2) is 13.1 Å². The van der Waals surface area contributed by atoms with E-state index in [2.05, 4.69) is 10.6 Å². The molecule has 0 saturated carbocycles. The molecule has 0 aliphatic rings. The highest BCUT2D eigenvalue weighted by molar-refractivity contribution is 5.89. The molecule has 1 heterocycles. The number of rotatable bonds is 4. The summed E-state index contributed by atoms with van der Waals surface area (Å²) >= 11 is 0. The molecule has 0 saturated heterocycles. The van der Waals surface area contributed by atoms with Crippen molar-refractivity contribution < 1.29 is 18.3 Å². The van der Waals surface area contributed by atoms with E-state index in [0.717, 1.165) is 5.76 Å². The summed E-state index contributed by atoms with van der Waals surface area (Å²) in [5.41, 5.74) is 0.341. The van der Waals surface area contributed by atoms with Gasteiger partial charge in [-0.05, 0) is 38.1 Å². The zero-order valence-electron chi connectivity index (χ0n) is 12.1. The van der Waals surface area contributed by atoms with Gasteiger partial charge in [0.25, 0.3) is 0 Å². The summed E-state index contributed by atoms with van der Waals surface area (Å²) in [5.74, 6) is 1.02. The van der Waals surface area contributed by atoms with Crippen LogP contribution in [0.4, 0.5) is 14.9 Å². The number of aryl methyl sites for hydroxylation is 1. The van der Waals surface area contributed by atoms with Crippen molar-refractivity contribution in [3.05, 3.63) is 47.7 Å². The lowest BCUT2D eigenvalue weighted by atomic mass is 10.2. The minimum absolute atomic E-state index is 0.125. The topological polar surface area (TPSA) is 63.5 Å². The van der Waals surface area contributed by atoms with Crippen LogP contribution in [0.5, 0.6) is 5.75 Å². The van der Waals surface area contributed by atoms with E-state index in [1.165, 1.54) is 19.2 Å². The number of carbonyl (C=O) groups excluding carboxylic acids is 1. The Balaban J connectivity index is 1.97. The predicted octanol–water partition coefficient (Wildman–Crippen LogP) is 3.62. The lowest BCUT2D eigenvalue weighted by Gasteiger charge is -2.13. The van der Waals surface area contributed by atoms with E-state index in [1.807, 2.05) is 13.0 Å². The van der Waals surface area contributed by atoms with Gasteiger partial charge in [-0.25, -0.2) is 9.18 Å². The highest BCUT2D eigenvalue weighted by atomic mass is 19.1. The molecule has 112 valence electrons. The van der Waals surface area contributed by atoms with Crippen molar-refractivity contribution in [2.24, 2.45) is 0 Å². The number of urea groups is 1. The van der Waals surface area contributed by atoms with Crippen LogP contribution in [0, 0.1) is 12.7 Å². The van der Waals surface area contributed by atoms with Gasteiger partial charge in [-0.3, -0.25) is 0 Å². The first-order chi connectivity index (χ1) is 9.99. The number of furan rings is 1. The van der Waals surface area contributed by atoms with Crippen LogP contribution in [0.2, 0.25) is 0 Å². The van der Waals surface area contributed by atoms with Gasteiger partial charge in [0.15, 0.2) is 11.6 Å². The highest BCUT2D eigenvalue weighted by Gasteiger charge is 2.13. The quantitative estimate of drug-likeness (QED) is 0.904. The smallest absolute Gasteiger partial charge is 0.319 e. The number of amides is 2.